The molecule has 0 spiro atoms. The Labute approximate surface area is 169 Å². The average Bonchev–Trinajstić information content (AvgIpc) is 3.07. The van der Waals surface area contributed by atoms with E-state index in [0.29, 0.717) is 17.3 Å². The highest BCUT2D eigenvalue weighted by Gasteiger charge is 2.31. The Morgan fingerprint density at radius 2 is 1.90 bits per heavy atom. The summed E-state index contributed by atoms with van der Waals surface area (Å²) in [5.74, 6) is -0.412. The smallest absolute Gasteiger partial charge is 0.335 e. The summed E-state index contributed by atoms with van der Waals surface area (Å²) in [5.41, 5.74) is 1.96. The first kappa shape index (κ1) is 17.8. The van der Waals surface area contributed by atoms with Gasteiger partial charge in [0.15, 0.2) is 0 Å². The molecular formula is C21H17ClN4O3. The predicted molar refractivity (Wildman–Crippen MR) is 111 cm³/mol. The van der Waals surface area contributed by atoms with Gasteiger partial charge in [-0.25, -0.2) is 9.36 Å². The first-order valence-electron chi connectivity index (χ1n) is 9.21. The van der Waals surface area contributed by atoms with E-state index in [-0.39, 0.29) is 5.56 Å². The number of aromatic amines is 2. The van der Waals surface area contributed by atoms with Crippen molar-refractivity contribution in [2.45, 2.75) is 12.5 Å². The normalized spacial score (nSPS) is 16.1. The van der Waals surface area contributed by atoms with Crippen LogP contribution in [0.2, 0.25) is 5.02 Å². The standard InChI is InChI=1S/C21H17ClN4O3/c22-11-4-3-5-12(10-11)26-20(28)16(19(27)25-21(26)29)18-17-14(8-9-23-18)13-6-1-2-7-15(13)24-17/h1-7,10,18,23-24,28H,8-9H2,(H,25,27,29)/t18-/m1/s1. The van der Waals surface area contributed by atoms with E-state index in [9.17, 15) is 14.7 Å². The van der Waals surface area contributed by atoms with Crippen LogP contribution < -0.4 is 16.6 Å². The highest BCUT2D eigenvalue weighted by atomic mass is 35.5. The van der Waals surface area contributed by atoms with Crippen LogP contribution in [0.1, 0.15) is 22.9 Å². The maximum atomic E-state index is 12.7. The number of aromatic hydroxyl groups is 1. The topological polar surface area (TPSA) is 103 Å². The number of aromatic nitrogens is 3. The highest BCUT2D eigenvalue weighted by Crippen LogP contribution is 2.35. The van der Waals surface area contributed by atoms with Gasteiger partial charge in [0.2, 0.25) is 5.88 Å². The van der Waals surface area contributed by atoms with Gasteiger partial charge in [-0.05, 0) is 36.2 Å². The van der Waals surface area contributed by atoms with Crippen LogP contribution in [0.4, 0.5) is 0 Å². The van der Waals surface area contributed by atoms with Crippen molar-refractivity contribution in [3.8, 4) is 11.6 Å². The highest BCUT2D eigenvalue weighted by molar-refractivity contribution is 6.30. The lowest BCUT2D eigenvalue weighted by molar-refractivity contribution is 0.410. The molecule has 0 radical (unpaired) electrons. The number of nitrogens with one attached hydrogen (secondary N) is 3. The molecule has 1 atom stereocenters. The fourth-order valence-electron chi connectivity index (χ4n) is 4.08. The van der Waals surface area contributed by atoms with E-state index in [0.717, 1.165) is 33.1 Å². The molecule has 0 saturated heterocycles. The SMILES string of the molecule is O=c1[nH]c(=O)n(-c2cccc(Cl)c2)c(O)c1[C@H]1NCCc2c1[nH]c1ccccc21. The van der Waals surface area contributed by atoms with Crippen molar-refractivity contribution in [1.82, 2.24) is 19.9 Å². The molecule has 0 bridgehead atoms. The fraction of sp³-hybridized carbons (Fsp3) is 0.143. The van der Waals surface area contributed by atoms with Crippen LogP contribution in [-0.2, 0) is 6.42 Å². The third kappa shape index (κ3) is 2.78. The Morgan fingerprint density at radius 3 is 2.72 bits per heavy atom. The first-order chi connectivity index (χ1) is 14.0. The molecule has 8 heteroatoms. The van der Waals surface area contributed by atoms with Gasteiger partial charge in [-0.15, -0.1) is 0 Å². The van der Waals surface area contributed by atoms with Crippen molar-refractivity contribution in [2.24, 2.45) is 0 Å². The molecule has 0 aliphatic carbocycles. The molecule has 1 aliphatic heterocycles. The zero-order valence-corrected chi connectivity index (χ0v) is 16.0. The second-order valence-corrected chi connectivity index (χ2v) is 7.45. The minimum Gasteiger partial charge on any atom is -0.494 e. The summed E-state index contributed by atoms with van der Waals surface area (Å²) < 4.78 is 1.06. The van der Waals surface area contributed by atoms with Gasteiger partial charge in [0, 0.05) is 28.2 Å². The zero-order chi connectivity index (χ0) is 20.1. The molecule has 5 rings (SSSR count). The van der Waals surface area contributed by atoms with E-state index in [4.69, 9.17) is 11.6 Å². The monoisotopic (exact) mass is 408 g/mol. The lowest BCUT2D eigenvalue weighted by Gasteiger charge is -2.25. The van der Waals surface area contributed by atoms with Crippen LogP contribution in [0.3, 0.4) is 0 Å². The molecule has 3 heterocycles. The summed E-state index contributed by atoms with van der Waals surface area (Å²) in [5, 5.41) is 15.8. The average molecular weight is 409 g/mol. The van der Waals surface area contributed by atoms with E-state index in [1.165, 1.54) is 0 Å². The number of hydrogen-bond donors (Lipinski definition) is 4. The van der Waals surface area contributed by atoms with E-state index in [2.05, 4.69) is 15.3 Å². The molecule has 0 saturated carbocycles. The van der Waals surface area contributed by atoms with Gasteiger partial charge in [0.25, 0.3) is 5.56 Å². The summed E-state index contributed by atoms with van der Waals surface area (Å²) in [6.45, 7) is 0.634. The number of hydrogen-bond acceptors (Lipinski definition) is 4. The summed E-state index contributed by atoms with van der Waals surface area (Å²) in [4.78, 5) is 30.9. The van der Waals surface area contributed by atoms with Gasteiger partial charge in [0.1, 0.15) is 5.56 Å². The van der Waals surface area contributed by atoms with Gasteiger partial charge >= 0.3 is 5.69 Å². The van der Waals surface area contributed by atoms with Gasteiger partial charge in [-0.2, -0.15) is 0 Å². The van der Waals surface area contributed by atoms with Gasteiger partial charge in [-0.3, -0.25) is 9.78 Å². The molecule has 2 aromatic heterocycles. The summed E-state index contributed by atoms with van der Waals surface area (Å²) >= 11 is 6.04. The molecule has 4 N–H and O–H groups in total. The maximum Gasteiger partial charge on any atom is 0.335 e. The van der Waals surface area contributed by atoms with Gasteiger partial charge in [-0.1, -0.05) is 35.9 Å². The second kappa shape index (κ2) is 6.65. The summed E-state index contributed by atoms with van der Waals surface area (Å²) in [7, 11) is 0. The number of rotatable bonds is 2. The molecule has 2 aromatic carbocycles. The Hall–Kier alpha value is -3.29. The number of fused-ring (bicyclic) bond motifs is 3. The Kier molecular flexibility index (Phi) is 4.08. The van der Waals surface area contributed by atoms with Crippen LogP contribution in [-0.4, -0.2) is 26.2 Å². The third-order valence-electron chi connectivity index (χ3n) is 5.33. The molecule has 4 aromatic rings. The Morgan fingerprint density at radius 1 is 1.07 bits per heavy atom. The second-order valence-electron chi connectivity index (χ2n) is 7.01. The quantitative estimate of drug-likeness (QED) is 0.409. The number of nitrogens with zero attached hydrogens (tertiary/aromatic N) is 1. The van der Waals surface area contributed by atoms with Gasteiger partial charge in [0.05, 0.1) is 11.7 Å². The van der Waals surface area contributed by atoms with Crippen LogP contribution in [0, 0.1) is 0 Å². The lowest BCUT2D eigenvalue weighted by atomic mass is 9.95. The Bertz CT molecular complexity index is 1370. The number of para-hydroxylation sites is 1. The van der Waals surface area contributed by atoms with E-state index in [1.54, 1.807) is 24.3 Å². The van der Waals surface area contributed by atoms with Gasteiger partial charge < -0.3 is 15.4 Å². The van der Waals surface area contributed by atoms with Crippen LogP contribution in [0.25, 0.3) is 16.6 Å². The molecule has 29 heavy (non-hydrogen) atoms. The zero-order valence-electron chi connectivity index (χ0n) is 15.2. The van der Waals surface area contributed by atoms with Crippen molar-refractivity contribution in [3.05, 3.63) is 91.2 Å². The minimum atomic E-state index is -0.730. The van der Waals surface area contributed by atoms with Crippen molar-refractivity contribution in [1.29, 1.82) is 0 Å². The molecular weight excluding hydrogens is 392 g/mol. The molecule has 1 aliphatic rings. The van der Waals surface area contributed by atoms with Crippen LogP contribution >= 0.6 is 11.6 Å². The van der Waals surface area contributed by atoms with Crippen molar-refractivity contribution in [3.63, 3.8) is 0 Å². The van der Waals surface area contributed by atoms with E-state index >= 15 is 0 Å². The first-order valence-corrected chi connectivity index (χ1v) is 9.59. The maximum absolute atomic E-state index is 12.7. The van der Waals surface area contributed by atoms with Crippen molar-refractivity contribution >= 4 is 22.5 Å². The van der Waals surface area contributed by atoms with Crippen LogP contribution in [0.5, 0.6) is 5.88 Å². The van der Waals surface area contributed by atoms with Crippen molar-refractivity contribution in [2.75, 3.05) is 6.54 Å². The predicted octanol–water partition coefficient (Wildman–Crippen LogP) is 2.60. The fourth-order valence-corrected chi connectivity index (χ4v) is 4.26. The number of benzene rings is 2. The van der Waals surface area contributed by atoms with E-state index in [1.807, 2.05) is 24.3 Å². The molecule has 0 unspecified atom stereocenters. The Balaban J connectivity index is 1.75. The lowest BCUT2D eigenvalue weighted by Crippen LogP contribution is -2.38. The largest absolute Gasteiger partial charge is 0.494 e. The molecule has 7 nitrogen and oxygen atoms in total. The molecule has 0 fully saturated rings. The van der Waals surface area contributed by atoms with Crippen LogP contribution in [0.15, 0.2) is 58.1 Å². The molecule has 0 amide bonds. The summed E-state index contributed by atoms with van der Waals surface area (Å²) in [6, 6.07) is 13.9. The third-order valence-corrected chi connectivity index (χ3v) is 5.57. The molecule has 146 valence electrons. The number of H-pyrrole nitrogens is 2. The number of halogens is 1. The summed E-state index contributed by atoms with van der Waals surface area (Å²) in [6.07, 6.45) is 0.794. The van der Waals surface area contributed by atoms with Crippen molar-refractivity contribution < 1.29 is 5.11 Å². The minimum absolute atomic E-state index is 0.0806. The van der Waals surface area contributed by atoms with E-state index < -0.39 is 23.2 Å².